The lowest BCUT2D eigenvalue weighted by Crippen LogP contribution is -2.32. The highest BCUT2D eigenvalue weighted by molar-refractivity contribution is 6.09. The van der Waals surface area contributed by atoms with Crippen molar-refractivity contribution < 1.29 is 33.7 Å². The molecule has 0 radical (unpaired) electrons. The summed E-state index contributed by atoms with van der Waals surface area (Å²) in [6.45, 7) is -0.418. The molecule has 0 saturated heterocycles. The zero-order valence-corrected chi connectivity index (χ0v) is 24.1. The van der Waals surface area contributed by atoms with E-state index in [-0.39, 0.29) is 12.4 Å². The Labute approximate surface area is 259 Å². The summed E-state index contributed by atoms with van der Waals surface area (Å²) < 4.78 is 17.0. The van der Waals surface area contributed by atoms with Crippen LogP contribution in [0.4, 0.5) is 4.79 Å². The van der Waals surface area contributed by atoms with E-state index in [2.05, 4.69) is 29.6 Å². The number of carbonyl (C=O) groups is 3. The largest absolute Gasteiger partial charge is 0.482 e. The normalized spacial score (nSPS) is 11.9. The molecule has 0 saturated carbocycles. The molecule has 5 aromatic carbocycles. The number of rotatable bonds is 11. The summed E-state index contributed by atoms with van der Waals surface area (Å²) in [4.78, 5) is 36.7. The topological polar surface area (TPSA) is 111 Å². The first-order chi connectivity index (χ1) is 21.9. The van der Waals surface area contributed by atoms with Crippen LogP contribution in [0.5, 0.6) is 11.5 Å². The molecule has 0 bridgehead atoms. The first-order valence-corrected chi connectivity index (χ1v) is 14.4. The lowest BCUT2D eigenvalue weighted by molar-refractivity contribution is -0.139. The van der Waals surface area contributed by atoms with Crippen molar-refractivity contribution in [3.05, 3.63) is 155 Å². The number of aliphatic carboxylic acids is 1. The van der Waals surface area contributed by atoms with E-state index >= 15 is 0 Å². The van der Waals surface area contributed by atoms with Crippen molar-refractivity contribution in [3.63, 3.8) is 0 Å². The number of carboxylic acids is 1. The number of carboxylic acid groups (broad SMARTS) is 1. The molecule has 1 unspecified atom stereocenters. The molecule has 0 aromatic heterocycles. The van der Waals surface area contributed by atoms with Gasteiger partial charge in [-0.1, -0.05) is 66.7 Å². The molecule has 0 aliphatic heterocycles. The third-order valence-electron chi connectivity index (χ3n) is 7.43. The van der Waals surface area contributed by atoms with Crippen molar-refractivity contribution in [2.75, 3.05) is 6.61 Å². The van der Waals surface area contributed by atoms with Crippen LogP contribution in [-0.2, 0) is 22.6 Å². The first-order valence-electron chi connectivity index (χ1n) is 14.4. The number of ketones is 1. The minimum Gasteiger partial charge on any atom is -0.482 e. The van der Waals surface area contributed by atoms with Crippen molar-refractivity contribution >= 4 is 17.8 Å². The molecule has 8 heteroatoms. The molecular formula is C37H29NO7. The van der Waals surface area contributed by atoms with Crippen molar-refractivity contribution in [2.45, 2.75) is 19.3 Å². The molecule has 0 fully saturated rings. The van der Waals surface area contributed by atoms with Crippen LogP contribution in [0.25, 0.3) is 11.1 Å². The Morgan fingerprint density at radius 3 is 2.13 bits per heavy atom. The molecule has 224 valence electrons. The minimum atomic E-state index is -1.09. The number of hydrogen-bond donors (Lipinski definition) is 2. The van der Waals surface area contributed by atoms with Crippen LogP contribution < -0.4 is 14.8 Å². The van der Waals surface area contributed by atoms with Crippen molar-refractivity contribution in [1.29, 1.82) is 0 Å². The highest BCUT2D eigenvalue weighted by Crippen LogP contribution is 2.37. The maximum absolute atomic E-state index is 13.0. The molecule has 1 aliphatic carbocycles. The third kappa shape index (κ3) is 7.02. The smallest absolute Gasteiger partial charge is 0.410 e. The third-order valence-corrected chi connectivity index (χ3v) is 7.43. The van der Waals surface area contributed by atoms with E-state index in [1.165, 1.54) is 16.7 Å². The van der Waals surface area contributed by atoms with Crippen LogP contribution in [0, 0.1) is 0 Å². The van der Waals surface area contributed by atoms with Gasteiger partial charge in [0.1, 0.15) is 18.1 Å². The fourth-order valence-corrected chi connectivity index (χ4v) is 5.20. The Morgan fingerprint density at radius 2 is 1.38 bits per heavy atom. The number of benzene rings is 5. The van der Waals surface area contributed by atoms with Gasteiger partial charge in [-0.25, -0.2) is 9.59 Å². The highest BCUT2D eigenvalue weighted by Gasteiger charge is 2.21. The van der Waals surface area contributed by atoms with Crippen LogP contribution in [0.2, 0.25) is 0 Å². The van der Waals surface area contributed by atoms with Gasteiger partial charge in [0, 0.05) is 16.7 Å². The predicted molar refractivity (Wildman–Crippen MR) is 167 cm³/mol. The van der Waals surface area contributed by atoms with Crippen LogP contribution in [0.1, 0.15) is 44.4 Å². The second-order valence-corrected chi connectivity index (χ2v) is 10.5. The number of fused-ring (bicyclic) bond motifs is 3. The molecule has 8 nitrogen and oxygen atoms in total. The molecule has 6 rings (SSSR count). The summed E-state index contributed by atoms with van der Waals surface area (Å²) >= 11 is 0. The summed E-state index contributed by atoms with van der Waals surface area (Å²) in [7, 11) is 0. The standard InChI is InChI=1S/C37H29NO7/c39-34(40)23-43-30-16-14-27(15-17-30)36(45-31-18-12-26(13-19-31)35(41)25-6-2-1-3-7-25)38-37(42)44-22-24-10-11-29-21-28-8-4-5-9-32(28)33(29)20-24/h1-20,36H,21-23H2,(H,38,42)(H,39,40). The van der Waals surface area contributed by atoms with Gasteiger partial charge >= 0.3 is 12.1 Å². The van der Waals surface area contributed by atoms with Crippen molar-refractivity contribution in [3.8, 4) is 22.6 Å². The SMILES string of the molecule is O=C(O)COc1ccc(C(NC(=O)OCc2ccc3c(c2)-c2ccccc2C3)Oc2ccc(C(=O)c3ccccc3)cc2)cc1. The molecular weight excluding hydrogens is 570 g/mol. The average Bonchev–Trinajstić information content (AvgIpc) is 3.45. The van der Waals surface area contributed by atoms with Gasteiger partial charge in [0.05, 0.1) is 0 Å². The summed E-state index contributed by atoms with van der Waals surface area (Å²) in [5.41, 5.74) is 7.35. The number of amides is 1. The number of nitrogens with one attached hydrogen (secondary N) is 1. The van der Waals surface area contributed by atoms with E-state index in [1.54, 1.807) is 72.8 Å². The Balaban J connectivity index is 1.15. The van der Waals surface area contributed by atoms with E-state index in [4.69, 9.17) is 19.3 Å². The lowest BCUT2D eigenvalue weighted by atomic mass is 10.0. The minimum absolute atomic E-state index is 0.0618. The monoisotopic (exact) mass is 599 g/mol. The Hall–Kier alpha value is -5.89. The van der Waals surface area contributed by atoms with Crippen LogP contribution in [0.15, 0.2) is 121 Å². The van der Waals surface area contributed by atoms with E-state index in [0.717, 1.165) is 17.5 Å². The molecule has 1 aliphatic rings. The van der Waals surface area contributed by atoms with Crippen LogP contribution >= 0.6 is 0 Å². The van der Waals surface area contributed by atoms with Gasteiger partial charge in [-0.3, -0.25) is 10.1 Å². The highest BCUT2D eigenvalue weighted by atomic mass is 16.6. The quantitative estimate of drug-likeness (QED) is 0.122. The second-order valence-electron chi connectivity index (χ2n) is 10.5. The van der Waals surface area contributed by atoms with E-state index in [1.807, 2.05) is 24.3 Å². The van der Waals surface area contributed by atoms with Gasteiger partial charge in [-0.2, -0.15) is 0 Å². The van der Waals surface area contributed by atoms with E-state index in [9.17, 15) is 14.4 Å². The summed E-state index contributed by atoms with van der Waals surface area (Å²) in [5, 5.41) is 11.7. The maximum atomic E-state index is 13.0. The van der Waals surface area contributed by atoms with Gasteiger partial charge in [-0.05, 0) is 88.8 Å². The zero-order valence-electron chi connectivity index (χ0n) is 24.1. The van der Waals surface area contributed by atoms with Crippen LogP contribution in [0.3, 0.4) is 0 Å². The molecule has 0 spiro atoms. The number of carbonyl (C=O) groups excluding carboxylic acids is 2. The number of ether oxygens (including phenoxy) is 3. The average molecular weight is 600 g/mol. The zero-order chi connectivity index (χ0) is 31.2. The van der Waals surface area contributed by atoms with Crippen molar-refractivity contribution in [1.82, 2.24) is 5.32 Å². The Morgan fingerprint density at radius 1 is 0.711 bits per heavy atom. The first kappa shape index (κ1) is 29.2. The fourth-order valence-electron chi connectivity index (χ4n) is 5.20. The van der Waals surface area contributed by atoms with Gasteiger partial charge < -0.3 is 19.3 Å². The van der Waals surface area contributed by atoms with Crippen LogP contribution in [-0.4, -0.2) is 29.6 Å². The predicted octanol–water partition coefficient (Wildman–Crippen LogP) is 6.96. The van der Waals surface area contributed by atoms with E-state index in [0.29, 0.717) is 28.2 Å². The summed E-state index contributed by atoms with van der Waals surface area (Å²) in [6, 6.07) is 36.5. The van der Waals surface area contributed by atoms with Gasteiger partial charge in [-0.15, -0.1) is 0 Å². The summed E-state index contributed by atoms with van der Waals surface area (Å²) in [6.07, 6.45) is -0.773. The Kier molecular flexibility index (Phi) is 8.55. The van der Waals surface area contributed by atoms with Gasteiger partial charge in [0.15, 0.2) is 12.4 Å². The van der Waals surface area contributed by atoms with E-state index < -0.39 is 24.9 Å². The van der Waals surface area contributed by atoms with Crippen molar-refractivity contribution in [2.24, 2.45) is 0 Å². The molecule has 0 heterocycles. The second kappa shape index (κ2) is 13.2. The summed E-state index contributed by atoms with van der Waals surface area (Å²) in [5.74, 6) is -0.447. The molecule has 5 aromatic rings. The lowest BCUT2D eigenvalue weighted by Gasteiger charge is -2.21. The molecule has 45 heavy (non-hydrogen) atoms. The molecule has 1 amide bonds. The maximum Gasteiger partial charge on any atom is 0.410 e. The Bertz CT molecular complexity index is 1830. The molecule has 2 N–H and O–H groups in total. The molecule has 1 atom stereocenters. The fraction of sp³-hybridized carbons (Fsp3) is 0.108. The van der Waals surface area contributed by atoms with Gasteiger partial charge in [0.2, 0.25) is 6.23 Å². The number of hydrogen-bond acceptors (Lipinski definition) is 6. The van der Waals surface area contributed by atoms with Gasteiger partial charge in [0.25, 0.3) is 0 Å². The number of alkyl carbamates (subject to hydrolysis) is 1.